The van der Waals surface area contributed by atoms with Crippen molar-refractivity contribution >= 4 is 15.8 Å². The van der Waals surface area contributed by atoms with Gasteiger partial charge in [0.1, 0.15) is 5.25 Å². The van der Waals surface area contributed by atoms with Crippen molar-refractivity contribution in [1.82, 2.24) is 4.31 Å². The van der Waals surface area contributed by atoms with Gasteiger partial charge in [-0.1, -0.05) is 6.58 Å². The molecule has 5 nitrogen and oxygen atoms in total. The highest BCUT2D eigenvalue weighted by Crippen LogP contribution is 2.05. The minimum absolute atomic E-state index is 0.231. The van der Waals surface area contributed by atoms with E-state index in [2.05, 4.69) is 6.58 Å². The van der Waals surface area contributed by atoms with Crippen LogP contribution >= 0.6 is 0 Å². The molecule has 0 aliphatic heterocycles. The van der Waals surface area contributed by atoms with Crippen LogP contribution in [0.1, 0.15) is 0 Å². The highest BCUT2D eigenvalue weighted by Gasteiger charge is 2.31. The van der Waals surface area contributed by atoms with Crippen LogP contribution < -0.4 is 5.73 Å². The lowest BCUT2D eigenvalue weighted by Gasteiger charge is -2.17. The third-order valence-electron chi connectivity index (χ3n) is 1.60. The summed E-state index contributed by atoms with van der Waals surface area (Å²) in [5.74, 6) is -0.573. The fourth-order valence-corrected chi connectivity index (χ4v) is 1.91. The van der Waals surface area contributed by atoms with Gasteiger partial charge in [0.15, 0.2) is 5.78 Å². The third-order valence-corrected chi connectivity index (χ3v) is 3.76. The SMILES string of the molecule is C=CC(=O)C(CN)S(=O)(=O)N(C)C. The largest absolute Gasteiger partial charge is 0.329 e. The summed E-state index contributed by atoms with van der Waals surface area (Å²) in [6.07, 6.45) is 0.971. The van der Waals surface area contributed by atoms with Crippen LogP contribution in [0.2, 0.25) is 0 Å². The maximum Gasteiger partial charge on any atom is 0.225 e. The molecule has 6 heteroatoms. The highest BCUT2D eigenvalue weighted by molar-refractivity contribution is 7.90. The summed E-state index contributed by atoms with van der Waals surface area (Å²) in [5, 5.41) is -1.21. The van der Waals surface area contributed by atoms with Crippen molar-refractivity contribution in [3.05, 3.63) is 12.7 Å². The summed E-state index contributed by atoms with van der Waals surface area (Å²) in [5.41, 5.74) is 5.20. The first kappa shape index (κ1) is 12.3. The molecular weight excluding hydrogens is 192 g/mol. The number of hydrogen-bond acceptors (Lipinski definition) is 4. The van der Waals surface area contributed by atoms with Crippen LogP contribution in [0.25, 0.3) is 0 Å². The van der Waals surface area contributed by atoms with Gasteiger partial charge in [-0.2, -0.15) is 0 Å². The number of hydrogen-bond donors (Lipinski definition) is 1. The number of nitrogens with zero attached hydrogens (tertiary/aromatic N) is 1. The molecule has 0 fully saturated rings. The Bertz CT molecular complexity index is 295. The lowest BCUT2D eigenvalue weighted by Crippen LogP contribution is -2.42. The van der Waals surface area contributed by atoms with Crippen LogP contribution in [-0.2, 0) is 14.8 Å². The summed E-state index contributed by atoms with van der Waals surface area (Å²) in [4.78, 5) is 11.1. The lowest BCUT2D eigenvalue weighted by molar-refractivity contribution is -0.114. The number of carbonyl (C=O) groups is 1. The Morgan fingerprint density at radius 1 is 1.62 bits per heavy atom. The second-order valence-corrected chi connectivity index (χ2v) is 4.99. The molecule has 0 spiro atoms. The summed E-state index contributed by atoms with van der Waals surface area (Å²) >= 11 is 0. The number of ketones is 1. The molecule has 0 heterocycles. The molecule has 0 aliphatic rings. The molecule has 0 aliphatic carbocycles. The molecule has 0 saturated carbocycles. The summed E-state index contributed by atoms with van der Waals surface area (Å²) < 4.78 is 23.9. The first-order valence-electron chi connectivity index (χ1n) is 3.65. The van der Waals surface area contributed by atoms with E-state index < -0.39 is 21.1 Å². The monoisotopic (exact) mass is 206 g/mol. The number of allylic oxidation sites excluding steroid dienone is 1. The van der Waals surface area contributed by atoms with Gasteiger partial charge >= 0.3 is 0 Å². The van der Waals surface area contributed by atoms with E-state index in [0.29, 0.717) is 0 Å². The van der Waals surface area contributed by atoms with Crippen LogP contribution in [-0.4, -0.2) is 44.4 Å². The van der Waals surface area contributed by atoms with Crippen molar-refractivity contribution in [1.29, 1.82) is 0 Å². The highest BCUT2D eigenvalue weighted by atomic mass is 32.2. The summed E-state index contributed by atoms with van der Waals surface area (Å²) in [6.45, 7) is 2.98. The van der Waals surface area contributed by atoms with Crippen LogP contribution in [0.5, 0.6) is 0 Å². The van der Waals surface area contributed by atoms with Crippen LogP contribution in [0.15, 0.2) is 12.7 Å². The van der Waals surface area contributed by atoms with E-state index in [1.165, 1.54) is 14.1 Å². The third kappa shape index (κ3) is 2.61. The van der Waals surface area contributed by atoms with Gasteiger partial charge in [-0.3, -0.25) is 4.79 Å². The molecule has 0 aromatic heterocycles. The average Bonchev–Trinajstić information content (AvgIpc) is 2.04. The second-order valence-electron chi connectivity index (χ2n) is 2.66. The van der Waals surface area contributed by atoms with Gasteiger partial charge in [0.25, 0.3) is 0 Å². The molecule has 0 saturated heterocycles. The van der Waals surface area contributed by atoms with Crippen molar-refractivity contribution in [2.45, 2.75) is 5.25 Å². The first-order valence-corrected chi connectivity index (χ1v) is 5.16. The molecule has 0 radical (unpaired) electrons. The smallest absolute Gasteiger partial charge is 0.225 e. The molecule has 0 aromatic carbocycles. The Morgan fingerprint density at radius 2 is 2.08 bits per heavy atom. The maximum absolute atomic E-state index is 11.4. The topological polar surface area (TPSA) is 80.5 Å². The van der Waals surface area contributed by atoms with Crippen LogP contribution in [0.3, 0.4) is 0 Å². The number of carbonyl (C=O) groups excluding carboxylic acids is 1. The zero-order chi connectivity index (χ0) is 10.6. The van der Waals surface area contributed by atoms with Gasteiger partial charge in [-0.05, 0) is 6.08 Å². The predicted octanol–water partition coefficient (Wildman–Crippen LogP) is -1.04. The quantitative estimate of drug-likeness (QED) is 0.583. The molecule has 0 amide bonds. The molecule has 0 rings (SSSR count). The molecule has 0 bridgehead atoms. The normalized spacial score (nSPS) is 14.2. The fraction of sp³-hybridized carbons (Fsp3) is 0.571. The van der Waals surface area contributed by atoms with Gasteiger partial charge in [0.05, 0.1) is 0 Å². The standard InChI is InChI=1S/C7H14N2O3S/c1-4-6(10)7(5-8)13(11,12)9(2)3/h4,7H,1,5,8H2,2-3H3. The molecular formula is C7H14N2O3S. The molecule has 0 aromatic rings. The Morgan fingerprint density at radius 3 is 2.31 bits per heavy atom. The van der Waals surface area contributed by atoms with Crippen molar-refractivity contribution in [3.63, 3.8) is 0 Å². The Kier molecular flexibility index (Phi) is 4.25. The molecule has 2 N–H and O–H groups in total. The van der Waals surface area contributed by atoms with Crippen molar-refractivity contribution in [3.8, 4) is 0 Å². The predicted molar refractivity (Wildman–Crippen MR) is 50.7 cm³/mol. The van der Waals surface area contributed by atoms with Gasteiger partial charge in [0, 0.05) is 20.6 Å². The van der Waals surface area contributed by atoms with Gasteiger partial charge in [-0.25, -0.2) is 12.7 Å². The van der Waals surface area contributed by atoms with Gasteiger partial charge in [-0.15, -0.1) is 0 Å². The van der Waals surface area contributed by atoms with Crippen LogP contribution in [0.4, 0.5) is 0 Å². The minimum Gasteiger partial charge on any atom is -0.329 e. The summed E-state index contributed by atoms with van der Waals surface area (Å²) in [6, 6.07) is 0. The number of sulfonamides is 1. The average molecular weight is 206 g/mol. The van der Waals surface area contributed by atoms with Crippen LogP contribution in [0, 0.1) is 0 Å². The van der Waals surface area contributed by atoms with E-state index in [9.17, 15) is 13.2 Å². The first-order chi connectivity index (χ1) is 5.87. The van der Waals surface area contributed by atoms with Gasteiger partial charge in [0.2, 0.25) is 10.0 Å². The number of nitrogens with two attached hydrogens (primary N) is 1. The number of rotatable bonds is 5. The fourth-order valence-electron chi connectivity index (χ4n) is 0.770. The molecule has 76 valence electrons. The second kappa shape index (κ2) is 4.50. The Hall–Kier alpha value is -0.720. The zero-order valence-electron chi connectivity index (χ0n) is 7.73. The Balaban J connectivity index is 5.00. The van der Waals surface area contributed by atoms with E-state index in [-0.39, 0.29) is 6.54 Å². The van der Waals surface area contributed by atoms with Gasteiger partial charge < -0.3 is 5.73 Å². The lowest BCUT2D eigenvalue weighted by atomic mass is 10.3. The minimum atomic E-state index is -3.61. The molecule has 1 unspecified atom stereocenters. The Labute approximate surface area is 78.3 Å². The van der Waals surface area contributed by atoms with E-state index in [1.54, 1.807) is 0 Å². The maximum atomic E-state index is 11.4. The van der Waals surface area contributed by atoms with E-state index in [1.807, 2.05) is 0 Å². The molecule has 1 atom stereocenters. The van der Waals surface area contributed by atoms with E-state index >= 15 is 0 Å². The van der Waals surface area contributed by atoms with Crippen molar-refractivity contribution in [2.24, 2.45) is 5.73 Å². The van der Waals surface area contributed by atoms with E-state index in [0.717, 1.165) is 10.4 Å². The van der Waals surface area contributed by atoms with E-state index in [4.69, 9.17) is 5.73 Å². The van der Waals surface area contributed by atoms with Crippen molar-refractivity contribution < 1.29 is 13.2 Å². The summed E-state index contributed by atoms with van der Waals surface area (Å²) in [7, 11) is -0.902. The molecule has 13 heavy (non-hydrogen) atoms. The van der Waals surface area contributed by atoms with Crippen molar-refractivity contribution in [2.75, 3.05) is 20.6 Å². The zero-order valence-corrected chi connectivity index (χ0v) is 8.54.